The van der Waals surface area contributed by atoms with Gasteiger partial charge in [-0.25, -0.2) is 14.3 Å². The molecule has 8 heteroatoms. The molecule has 0 saturated heterocycles. The average Bonchev–Trinajstić information content (AvgIpc) is 2.97. The zero-order chi connectivity index (χ0) is 17.4. The number of nitrogens with zero attached hydrogens (tertiary/aromatic N) is 4. The number of hydrogen-bond donors (Lipinski definition) is 1. The molecule has 1 atom stereocenters. The van der Waals surface area contributed by atoms with E-state index in [2.05, 4.69) is 15.5 Å². The number of fused-ring (bicyclic) bond motifs is 1. The molecule has 0 saturated carbocycles. The lowest BCUT2D eigenvalue weighted by molar-refractivity contribution is -0.116. The number of carbonyl (C=O) groups is 1. The summed E-state index contributed by atoms with van der Waals surface area (Å²) in [7, 11) is 0. The maximum absolute atomic E-state index is 12.5. The molecule has 24 heavy (non-hydrogen) atoms. The summed E-state index contributed by atoms with van der Waals surface area (Å²) in [5.74, 6) is -0.485. The van der Waals surface area contributed by atoms with Crippen LogP contribution in [-0.2, 0) is 4.79 Å². The molecule has 0 spiro atoms. The first-order chi connectivity index (χ1) is 11.4. The minimum absolute atomic E-state index is 0.304. The second-order valence-corrected chi connectivity index (χ2v) is 6.23. The topological polar surface area (TPSA) is 81.8 Å². The van der Waals surface area contributed by atoms with Crippen LogP contribution >= 0.6 is 11.6 Å². The summed E-state index contributed by atoms with van der Waals surface area (Å²) in [4.78, 5) is 28.4. The molecule has 1 unspecified atom stereocenters. The second kappa shape index (κ2) is 6.09. The molecule has 0 aliphatic carbocycles. The number of halogens is 1. The first kappa shape index (κ1) is 16.2. The van der Waals surface area contributed by atoms with E-state index < -0.39 is 16.8 Å². The molecule has 7 nitrogen and oxygen atoms in total. The predicted octanol–water partition coefficient (Wildman–Crippen LogP) is 1.90. The van der Waals surface area contributed by atoms with Gasteiger partial charge < -0.3 is 0 Å². The summed E-state index contributed by atoms with van der Waals surface area (Å²) in [5, 5.41) is 3.80. The number of nitrogens with one attached hydrogen (secondary N) is 1. The third-order valence-electron chi connectivity index (χ3n) is 3.82. The molecule has 0 aliphatic heterocycles. The standard InChI is InChI=1S/C16H16ClN5O2/c1-9-4-5-12(6-10(9)2)22-14-13(7-19-22)16(24)21(8-18-14)20-15(23)11(3)17/h4-8,11H,1-3H3,(H,20,23). The highest BCUT2D eigenvalue weighted by Crippen LogP contribution is 2.17. The molecule has 1 aromatic carbocycles. The van der Waals surface area contributed by atoms with E-state index in [1.54, 1.807) is 4.68 Å². The minimum Gasteiger partial charge on any atom is -0.272 e. The van der Waals surface area contributed by atoms with Crippen molar-refractivity contribution in [3.8, 4) is 5.69 Å². The Morgan fingerprint density at radius 3 is 2.71 bits per heavy atom. The van der Waals surface area contributed by atoms with Gasteiger partial charge in [0.1, 0.15) is 17.1 Å². The van der Waals surface area contributed by atoms with Crippen LogP contribution in [-0.4, -0.2) is 30.7 Å². The third-order valence-corrected chi connectivity index (χ3v) is 4.01. The number of aryl methyl sites for hydroxylation is 2. The van der Waals surface area contributed by atoms with Crippen molar-refractivity contribution in [2.75, 3.05) is 5.43 Å². The van der Waals surface area contributed by atoms with E-state index in [0.717, 1.165) is 15.9 Å². The van der Waals surface area contributed by atoms with Crippen LogP contribution in [0.1, 0.15) is 18.1 Å². The first-order valence-electron chi connectivity index (χ1n) is 7.36. The molecule has 2 aromatic heterocycles. The number of aromatic nitrogens is 4. The summed E-state index contributed by atoms with van der Waals surface area (Å²) in [6, 6.07) is 5.88. The largest absolute Gasteiger partial charge is 0.283 e. The van der Waals surface area contributed by atoms with Gasteiger partial charge in [0.15, 0.2) is 5.65 Å². The molecule has 0 bridgehead atoms. The van der Waals surface area contributed by atoms with Gasteiger partial charge in [-0.1, -0.05) is 6.07 Å². The van der Waals surface area contributed by atoms with Crippen molar-refractivity contribution in [1.29, 1.82) is 0 Å². The summed E-state index contributed by atoms with van der Waals surface area (Å²) < 4.78 is 2.61. The molecule has 0 radical (unpaired) electrons. The Hall–Kier alpha value is -2.67. The first-order valence-corrected chi connectivity index (χ1v) is 7.80. The van der Waals surface area contributed by atoms with E-state index in [-0.39, 0.29) is 0 Å². The second-order valence-electron chi connectivity index (χ2n) is 5.57. The van der Waals surface area contributed by atoms with Crippen LogP contribution in [0.2, 0.25) is 0 Å². The fourth-order valence-corrected chi connectivity index (χ4v) is 2.29. The Labute approximate surface area is 142 Å². The number of amides is 1. The molecular formula is C16H16ClN5O2. The fraction of sp³-hybridized carbons (Fsp3) is 0.250. The Kier molecular flexibility index (Phi) is 4.11. The van der Waals surface area contributed by atoms with E-state index >= 15 is 0 Å². The number of hydrogen-bond acceptors (Lipinski definition) is 4. The van der Waals surface area contributed by atoms with Crippen molar-refractivity contribution >= 4 is 28.5 Å². The normalized spacial score (nSPS) is 12.3. The van der Waals surface area contributed by atoms with Gasteiger partial charge >= 0.3 is 0 Å². The van der Waals surface area contributed by atoms with E-state index in [4.69, 9.17) is 11.6 Å². The summed E-state index contributed by atoms with van der Waals surface area (Å²) in [6.45, 7) is 5.55. The number of carbonyl (C=O) groups excluding carboxylic acids is 1. The van der Waals surface area contributed by atoms with Gasteiger partial charge in [-0.15, -0.1) is 11.6 Å². The zero-order valence-electron chi connectivity index (χ0n) is 13.4. The molecule has 0 fully saturated rings. The summed E-state index contributed by atoms with van der Waals surface area (Å²) in [5.41, 5.74) is 5.51. The summed E-state index contributed by atoms with van der Waals surface area (Å²) >= 11 is 5.70. The van der Waals surface area contributed by atoms with E-state index in [9.17, 15) is 9.59 Å². The van der Waals surface area contributed by atoms with Crippen LogP contribution < -0.4 is 11.0 Å². The molecule has 1 amide bonds. The van der Waals surface area contributed by atoms with Crippen molar-refractivity contribution in [3.63, 3.8) is 0 Å². The third kappa shape index (κ3) is 2.78. The smallest absolute Gasteiger partial charge is 0.272 e. The van der Waals surface area contributed by atoms with Crippen LogP contribution in [0.25, 0.3) is 16.7 Å². The zero-order valence-corrected chi connectivity index (χ0v) is 14.2. The number of benzene rings is 1. The number of rotatable bonds is 3. The lowest BCUT2D eigenvalue weighted by Crippen LogP contribution is -2.36. The van der Waals surface area contributed by atoms with Crippen LogP contribution in [0.5, 0.6) is 0 Å². The van der Waals surface area contributed by atoms with Crippen LogP contribution in [0.15, 0.2) is 35.5 Å². The van der Waals surface area contributed by atoms with Gasteiger partial charge in [0.05, 0.1) is 11.9 Å². The number of alkyl halides is 1. The van der Waals surface area contributed by atoms with Crippen LogP contribution in [0.3, 0.4) is 0 Å². The van der Waals surface area contributed by atoms with E-state index in [1.807, 2.05) is 32.0 Å². The van der Waals surface area contributed by atoms with Crippen molar-refractivity contribution in [3.05, 3.63) is 52.2 Å². The highest BCUT2D eigenvalue weighted by Gasteiger charge is 2.15. The SMILES string of the molecule is Cc1ccc(-n2ncc3c(=O)n(NC(=O)C(C)Cl)cnc32)cc1C. The van der Waals surface area contributed by atoms with Gasteiger partial charge in [0.25, 0.3) is 11.5 Å². The van der Waals surface area contributed by atoms with Crippen LogP contribution in [0.4, 0.5) is 0 Å². The Morgan fingerprint density at radius 2 is 2.04 bits per heavy atom. The van der Waals surface area contributed by atoms with Crippen LogP contribution in [0, 0.1) is 13.8 Å². The Balaban J connectivity index is 2.08. The Morgan fingerprint density at radius 1 is 1.29 bits per heavy atom. The van der Waals surface area contributed by atoms with Crippen molar-refractivity contribution < 1.29 is 4.79 Å². The average molecular weight is 346 g/mol. The quantitative estimate of drug-likeness (QED) is 0.735. The monoisotopic (exact) mass is 345 g/mol. The fourth-order valence-electron chi connectivity index (χ4n) is 2.25. The molecule has 1 N–H and O–H groups in total. The molecule has 2 heterocycles. The minimum atomic E-state index is -0.758. The van der Waals surface area contributed by atoms with E-state index in [1.165, 1.54) is 25.0 Å². The molecule has 3 rings (SSSR count). The lowest BCUT2D eigenvalue weighted by Gasteiger charge is -2.09. The van der Waals surface area contributed by atoms with Crippen molar-refractivity contribution in [2.45, 2.75) is 26.1 Å². The summed E-state index contributed by atoms with van der Waals surface area (Å²) in [6.07, 6.45) is 2.69. The highest BCUT2D eigenvalue weighted by atomic mass is 35.5. The Bertz CT molecular complexity index is 990. The van der Waals surface area contributed by atoms with Gasteiger partial charge in [0, 0.05) is 0 Å². The van der Waals surface area contributed by atoms with Crippen molar-refractivity contribution in [1.82, 2.24) is 19.4 Å². The van der Waals surface area contributed by atoms with Gasteiger partial charge in [-0.05, 0) is 44.0 Å². The van der Waals surface area contributed by atoms with Crippen molar-refractivity contribution in [2.24, 2.45) is 0 Å². The maximum Gasteiger partial charge on any atom is 0.283 e. The molecular weight excluding hydrogens is 330 g/mol. The predicted molar refractivity (Wildman–Crippen MR) is 92.3 cm³/mol. The van der Waals surface area contributed by atoms with Gasteiger partial charge in [0.2, 0.25) is 0 Å². The van der Waals surface area contributed by atoms with E-state index in [0.29, 0.717) is 11.0 Å². The van der Waals surface area contributed by atoms with Gasteiger partial charge in [-0.3, -0.25) is 15.0 Å². The molecule has 3 aromatic rings. The molecule has 124 valence electrons. The molecule has 0 aliphatic rings. The lowest BCUT2D eigenvalue weighted by atomic mass is 10.1. The maximum atomic E-state index is 12.5. The highest BCUT2D eigenvalue weighted by molar-refractivity contribution is 6.31. The van der Waals surface area contributed by atoms with Gasteiger partial charge in [-0.2, -0.15) is 5.10 Å².